The fourth-order valence-corrected chi connectivity index (χ4v) is 5.34. The molecule has 0 spiro atoms. The third-order valence-electron chi connectivity index (χ3n) is 7.77. The van der Waals surface area contributed by atoms with Crippen molar-refractivity contribution in [2.75, 3.05) is 0 Å². The number of imidazole rings is 1. The zero-order chi connectivity index (χ0) is 31.5. The lowest BCUT2D eigenvalue weighted by Crippen LogP contribution is -2.09. The average molecular weight is 605 g/mol. The van der Waals surface area contributed by atoms with Crippen molar-refractivity contribution in [3.63, 3.8) is 0 Å². The fraction of sp³-hybridized carbons (Fsp3) is 0.167. The fourth-order valence-electron chi connectivity index (χ4n) is 5.34. The summed E-state index contributed by atoms with van der Waals surface area (Å²) < 4.78 is 37.5. The Morgan fingerprint density at radius 2 is 1.78 bits per heavy atom. The van der Waals surface area contributed by atoms with Gasteiger partial charge in [0.25, 0.3) is 0 Å². The molecular formula is C36H30F2N4O3. The van der Waals surface area contributed by atoms with Gasteiger partial charge in [-0.15, -0.1) is 0 Å². The minimum absolute atomic E-state index is 0.00180. The van der Waals surface area contributed by atoms with E-state index in [4.69, 9.17) is 9.72 Å². The molecule has 6 aromatic rings. The van der Waals surface area contributed by atoms with E-state index in [0.717, 1.165) is 23.1 Å². The summed E-state index contributed by atoms with van der Waals surface area (Å²) in [7, 11) is 0. The van der Waals surface area contributed by atoms with Gasteiger partial charge < -0.3 is 14.4 Å². The van der Waals surface area contributed by atoms with E-state index >= 15 is 4.39 Å². The molecule has 0 aliphatic rings. The largest absolute Gasteiger partial charge is 0.478 e. The molecule has 0 aliphatic carbocycles. The molecule has 0 fully saturated rings. The Labute approximate surface area is 258 Å². The van der Waals surface area contributed by atoms with Crippen LogP contribution >= 0.6 is 0 Å². The summed E-state index contributed by atoms with van der Waals surface area (Å²) in [6, 6.07) is 21.8. The molecule has 0 saturated carbocycles. The summed E-state index contributed by atoms with van der Waals surface area (Å²) in [6.07, 6.45) is 4.68. The van der Waals surface area contributed by atoms with E-state index < -0.39 is 11.8 Å². The van der Waals surface area contributed by atoms with E-state index in [2.05, 4.69) is 16.9 Å². The van der Waals surface area contributed by atoms with Crippen LogP contribution in [0.5, 0.6) is 5.88 Å². The number of carbonyl (C=O) groups is 1. The number of benzene rings is 3. The number of aromatic nitrogens is 4. The summed E-state index contributed by atoms with van der Waals surface area (Å²) in [5.74, 6) is -0.897. The van der Waals surface area contributed by atoms with Gasteiger partial charge in [-0.05, 0) is 84.1 Å². The number of ether oxygens (including phenoxy) is 1. The van der Waals surface area contributed by atoms with Gasteiger partial charge in [0.05, 0.1) is 22.3 Å². The van der Waals surface area contributed by atoms with Gasteiger partial charge in [-0.3, -0.25) is 4.98 Å². The van der Waals surface area contributed by atoms with Crippen LogP contribution in [0, 0.1) is 18.6 Å². The maximum atomic E-state index is 15.6. The molecular weight excluding hydrogens is 574 g/mol. The topological polar surface area (TPSA) is 90.1 Å². The quantitative estimate of drug-likeness (QED) is 0.174. The minimum atomic E-state index is -1.02. The van der Waals surface area contributed by atoms with Crippen LogP contribution in [0.25, 0.3) is 22.3 Å². The maximum Gasteiger partial charge on any atom is 0.335 e. The van der Waals surface area contributed by atoms with Crippen LogP contribution in [0.3, 0.4) is 0 Å². The summed E-state index contributed by atoms with van der Waals surface area (Å²) >= 11 is 0. The molecule has 226 valence electrons. The smallest absolute Gasteiger partial charge is 0.335 e. The second-order valence-corrected chi connectivity index (χ2v) is 10.9. The van der Waals surface area contributed by atoms with E-state index in [1.165, 1.54) is 18.2 Å². The summed E-state index contributed by atoms with van der Waals surface area (Å²) in [5.41, 5.74) is 6.25. The molecule has 0 radical (unpaired) electrons. The third kappa shape index (κ3) is 6.43. The van der Waals surface area contributed by atoms with Crippen LogP contribution in [-0.4, -0.2) is 30.6 Å². The highest BCUT2D eigenvalue weighted by molar-refractivity contribution is 5.92. The molecule has 3 aromatic heterocycles. The van der Waals surface area contributed by atoms with Crippen molar-refractivity contribution < 1.29 is 23.4 Å². The van der Waals surface area contributed by atoms with Crippen LogP contribution in [-0.2, 0) is 26.0 Å². The van der Waals surface area contributed by atoms with Gasteiger partial charge in [0, 0.05) is 42.6 Å². The molecule has 0 amide bonds. The molecule has 3 aromatic carbocycles. The summed E-state index contributed by atoms with van der Waals surface area (Å²) in [6.45, 7) is 4.33. The van der Waals surface area contributed by atoms with Crippen LogP contribution in [0.4, 0.5) is 8.78 Å². The van der Waals surface area contributed by atoms with Gasteiger partial charge in [0.15, 0.2) is 0 Å². The summed E-state index contributed by atoms with van der Waals surface area (Å²) in [5, 5.41) is 9.61. The van der Waals surface area contributed by atoms with Crippen molar-refractivity contribution in [1.82, 2.24) is 19.5 Å². The lowest BCUT2D eigenvalue weighted by atomic mass is 10.0. The SMILES string of the molecule is CCc1cnccc1Cn1c(Cc2ccc(-c3cccc(OCc4ccc(C)cc4F)n3)c(F)c2)nc2ccc(C(=O)O)cc21. The van der Waals surface area contributed by atoms with Gasteiger partial charge >= 0.3 is 5.97 Å². The molecule has 7 nitrogen and oxygen atoms in total. The predicted octanol–water partition coefficient (Wildman–Crippen LogP) is 7.56. The number of fused-ring (bicyclic) bond motifs is 1. The lowest BCUT2D eigenvalue weighted by Gasteiger charge is -2.13. The van der Waals surface area contributed by atoms with Crippen LogP contribution < -0.4 is 4.74 Å². The van der Waals surface area contributed by atoms with Crippen LogP contribution in [0.15, 0.2) is 91.3 Å². The number of carboxylic acids is 1. The van der Waals surface area contributed by atoms with Crippen LogP contribution in [0.1, 0.15) is 50.9 Å². The normalized spacial score (nSPS) is 11.2. The molecule has 1 N–H and O–H groups in total. The number of hydrogen-bond acceptors (Lipinski definition) is 5. The standard InChI is InChI=1S/C36H30F2N4O3/c1-3-24-19-39-14-13-26(24)20-42-33-18-25(36(43)44)10-12-32(33)40-34(42)17-23-8-11-28(30(38)16-23)31-5-4-6-35(41-31)45-21-27-9-7-22(2)15-29(27)37/h4-16,18-19H,3,17,20-21H2,1-2H3,(H,43,44). The third-order valence-corrected chi connectivity index (χ3v) is 7.77. The first-order valence-corrected chi connectivity index (χ1v) is 14.6. The first-order chi connectivity index (χ1) is 21.8. The Hall–Kier alpha value is -5.44. The van der Waals surface area contributed by atoms with Crippen LogP contribution in [0.2, 0.25) is 0 Å². The second-order valence-electron chi connectivity index (χ2n) is 10.9. The Balaban J connectivity index is 1.28. The Morgan fingerprint density at radius 3 is 2.56 bits per heavy atom. The molecule has 0 unspecified atom stereocenters. The predicted molar refractivity (Wildman–Crippen MR) is 167 cm³/mol. The number of aromatic carboxylic acids is 1. The Kier molecular flexibility index (Phi) is 8.33. The number of halogens is 2. The molecule has 0 aliphatic heterocycles. The van der Waals surface area contributed by atoms with Crippen molar-refractivity contribution in [3.05, 3.63) is 142 Å². The molecule has 0 atom stereocenters. The zero-order valence-corrected chi connectivity index (χ0v) is 24.8. The molecule has 3 heterocycles. The molecule has 0 saturated heterocycles. The van der Waals surface area contributed by atoms with E-state index in [1.54, 1.807) is 48.7 Å². The van der Waals surface area contributed by atoms with E-state index in [1.807, 2.05) is 35.9 Å². The molecule has 45 heavy (non-hydrogen) atoms. The Bertz CT molecular complexity index is 2040. The van der Waals surface area contributed by atoms with E-state index in [0.29, 0.717) is 52.2 Å². The first-order valence-electron chi connectivity index (χ1n) is 14.6. The molecule has 0 bridgehead atoms. The van der Waals surface area contributed by atoms with Crippen molar-refractivity contribution in [2.45, 2.75) is 39.8 Å². The minimum Gasteiger partial charge on any atom is -0.478 e. The maximum absolute atomic E-state index is 15.6. The highest BCUT2D eigenvalue weighted by Crippen LogP contribution is 2.27. The number of hydrogen-bond donors (Lipinski definition) is 1. The highest BCUT2D eigenvalue weighted by atomic mass is 19.1. The molecule has 6 rings (SSSR count). The second kappa shape index (κ2) is 12.7. The number of carboxylic acid groups (broad SMARTS) is 1. The number of pyridine rings is 2. The van der Waals surface area contributed by atoms with Gasteiger partial charge in [-0.25, -0.2) is 23.5 Å². The van der Waals surface area contributed by atoms with Crippen molar-refractivity contribution in [2.24, 2.45) is 0 Å². The first kappa shape index (κ1) is 29.6. The van der Waals surface area contributed by atoms with Crippen molar-refractivity contribution >= 4 is 17.0 Å². The van der Waals surface area contributed by atoms with Gasteiger partial charge in [0.2, 0.25) is 5.88 Å². The highest BCUT2D eigenvalue weighted by Gasteiger charge is 2.17. The lowest BCUT2D eigenvalue weighted by molar-refractivity contribution is 0.0697. The number of rotatable bonds is 10. The summed E-state index contributed by atoms with van der Waals surface area (Å²) in [4.78, 5) is 25.2. The zero-order valence-electron chi connectivity index (χ0n) is 24.8. The van der Waals surface area contributed by atoms with Gasteiger partial charge in [0.1, 0.15) is 24.1 Å². The average Bonchev–Trinajstić information content (AvgIpc) is 3.36. The Morgan fingerprint density at radius 1 is 0.911 bits per heavy atom. The van der Waals surface area contributed by atoms with Gasteiger partial charge in [-0.1, -0.05) is 31.2 Å². The van der Waals surface area contributed by atoms with Gasteiger partial charge in [-0.2, -0.15) is 0 Å². The van der Waals surface area contributed by atoms with E-state index in [9.17, 15) is 14.3 Å². The monoisotopic (exact) mass is 604 g/mol. The van der Waals surface area contributed by atoms with Crippen molar-refractivity contribution in [3.8, 4) is 17.1 Å². The van der Waals surface area contributed by atoms with Crippen molar-refractivity contribution in [1.29, 1.82) is 0 Å². The van der Waals surface area contributed by atoms with E-state index in [-0.39, 0.29) is 23.9 Å². The molecule has 9 heteroatoms. The number of aryl methyl sites for hydroxylation is 2. The number of nitrogens with zero attached hydrogens (tertiary/aromatic N) is 4.